The first kappa shape index (κ1) is 28.1. The molecule has 0 spiro atoms. The Kier molecular flexibility index (Phi) is 8.57. The Morgan fingerprint density at radius 2 is 1.59 bits per heavy atom. The highest BCUT2D eigenvalue weighted by atomic mass is 32.2. The molecule has 0 heterocycles. The van der Waals surface area contributed by atoms with E-state index in [1.807, 2.05) is 12.1 Å². The molecule has 1 amide bonds. The van der Waals surface area contributed by atoms with E-state index < -0.39 is 34.2 Å². The molecule has 4 rings (SSSR count). The van der Waals surface area contributed by atoms with E-state index in [0.717, 1.165) is 22.7 Å². The summed E-state index contributed by atoms with van der Waals surface area (Å²) < 4.78 is 27.1. The number of carbonyl (C=O) groups excluding carboxylic acids is 1. The zero-order valence-corrected chi connectivity index (χ0v) is 22.6. The van der Waals surface area contributed by atoms with Gasteiger partial charge in [-0.2, -0.15) is 4.31 Å². The Hall–Kier alpha value is -3.89. The summed E-state index contributed by atoms with van der Waals surface area (Å²) in [5, 5.41) is 19.6. The van der Waals surface area contributed by atoms with E-state index in [1.54, 1.807) is 0 Å². The van der Waals surface area contributed by atoms with Crippen molar-refractivity contribution in [3.05, 3.63) is 83.4 Å². The second kappa shape index (κ2) is 11.9. The Morgan fingerprint density at radius 3 is 2.18 bits per heavy atom. The van der Waals surface area contributed by atoms with Crippen molar-refractivity contribution >= 4 is 33.3 Å². The van der Waals surface area contributed by atoms with Gasteiger partial charge in [0.1, 0.15) is 11.3 Å². The highest BCUT2D eigenvalue weighted by molar-refractivity contribution is 7.89. The van der Waals surface area contributed by atoms with Crippen LogP contribution in [0.5, 0.6) is 5.75 Å². The number of nitrogen functional groups attached to an aromatic ring is 1. The summed E-state index contributed by atoms with van der Waals surface area (Å²) in [5.41, 5.74) is 8.11. The minimum absolute atomic E-state index is 0.000284. The highest BCUT2D eigenvalue weighted by Gasteiger charge is 2.27. The maximum Gasteiger partial charge on any atom is 0.339 e. The van der Waals surface area contributed by atoms with Crippen LogP contribution in [-0.4, -0.2) is 48.4 Å². The van der Waals surface area contributed by atoms with Crippen LogP contribution in [-0.2, 0) is 21.4 Å². The topological polar surface area (TPSA) is 141 Å². The molecular formula is C29H33N3O6S. The number of rotatable bonds is 9. The first-order valence-electron chi connectivity index (χ1n) is 12.8. The number of likely N-dealkylation sites (N-methyl/N-ethyl adjacent to an activating group) is 1. The van der Waals surface area contributed by atoms with Crippen molar-refractivity contribution in [2.45, 2.75) is 49.5 Å². The number of carboxylic acids is 1. The SMILES string of the molecule is CN(CC(=O)N(Cc1ccc(C2CCCCC2)cc1)c1ccc(C(=O)O)c(O)c1)S(=O)(=O)c1ccc(N)cc1. The molecule has 0 radical (unpaired) electrons. The van der Waals surface area contributed by atoms with Crippen molar-refractivity contribution in [3.63, 3.8) is 0 Å². The molecule has 0 unspecified atom stereocenters. The van der Waals surface area contributed by atoms with Crippen LogP contribution in [0.1, 0.15) is 59.5 Å². The maximum atomic E-state index is 13.5. The van der Waals surface area contributed by atoms with Crippen molar-refractivity contribution in [3.8, 4) is 5.75 Å². The number of sulfonamides is 1. The van der Waals surface area contributed by atoms with E-state index in [-0.39, 0.29) is 22.7 Å². The van der Waals surface area contributed by atoms with E-state index in [4.69, 9.17) is 5.73 Å². The van der Waals surface area contributed by atoms with Crippen LogP contribution in [0.15, 0.2) is 71.6 Å². The summed E-state index contributed by atoms with van der Waals surface area (Å²) in [6, 6.07) is 17.6. The highest BCUT2D eigenvalue weighted by Crippen LogP contribution is 2.33. The second-order valence-corrected chi connectivity index (χ2v) is 11.9. The monoisotopic (exact) mass is 551 g/mol. The number of anilines is 2. The van der Waals surface area contributed by atoms with Gasteiger partial charge >= 0.3 is 5.97 Å². The molecule has 0 saturated heterocycles. The van der Waals surface area contributed by atoms with E-state index in [2.05, 4.69) is 12.1 Å². The number of hydrogen-bond acceptors (Lipinski definition) is 6. The number of hydrogen-bond donors (Lipinski definition) is 3. The van der Waals surface area contributed by atoms with Gasteiger partial charge in [0.05, 0.1) is 18.0 Å². The zero-order valence-electron chi connectivity index (χ0n) is 21.8. The van der Waals surface area contributed by atoms with Crippen molar-refractivity contribution < 1.29 is 28.2 Å². The molecule has 0 atom stereocenters. The number of aromatic hydroxyl groups is 1. The predicted molar refractivity (Wildman–Crippen MR) is 149 cm³/mol. The molecule has 1 fully saturated rings. The molecule has 3 aromatic carbocycles. The fraction of sp³-hybridized carbons (Fsp3) is 0.310. The number of carboxylic acid groups (broad SMARTS) is 1. The van der Waals surface area contributed by atoms with Crippen molar-refractivity contribution in [1.29, 1.82) is 0 Å². The third-order valence-electron chi connectivity index (χ3n) is 7.17. The van der Waals surface area contributed by atoms with Crippen molar-refractivity contribution in [2.75, 3.05) is 24.2 Å². The lowest BCUT2D eigenvalue weighted by Gasteiger charge is -2.27. The summed E-state index contributed by atoms with van der Waals surface area (Å²) in [6.07, 6.45) is 6.03. The lowest BCUT2D eigenvalue weighted by Crippen LogP contribution is -2.41. The van der Waals surface area contributed by atoms with Gasteiger partial charge in [0, 0.05) is 24.5 Å². The van der Waals surface area contributed by atoms with Gasteiger partial charge in [0.2, 0.25) is 15.9 Å². The lowest BCUT2D eigenvalue weighted by atomic mass is 9.84. The van der Waals surface area contributed by atoms with Crippen LogP contribution in [0.4, 0.5) is 11.4 Å². The number of amides is 1. The first-order chi connectivity index (χ1) is 18.6. The smallest absolute Gasteiger partial charge is 0.339 e. The fourth-order valence-electron chi connectivity index (χ4n) is 4.89. The van der Waals surface area contributed by atoms with Gasteiger partial charge in [-0.05, 0) is 66.3 Å². The Labute approximate surface area is 228 Å². The van der Waals surface area contributed by atoms with E-state index in [0.29, 0.717) is 11.6 Å². The summed E-state index contributed by atoms with van der Waals surface area (Å²) in [5.74, 6) is -1.81. The predicted octanol–water partition coefficient (Wildman–Crippen LogP) is 4.57. The minimum Gasteiger partial charge on any atom is -0.507 e. The molecule has 39 heavy (non-hydrogen) atoms. The summed E-state index contributed by atoms with van der Waals surface area (Å²) >= 11 is 0. The van der Waals surface area contributed by atoms with Gasteiger partial charge in [-0.1, -0.05) is 43.5 Å². The largest absolute Gasteiger partial charge is 0.507 e. The van der Waals surface area contributed by atoms with Gasteiger partial charge in [-0.25, -0.2) is 13.2 Å². The quantitative estimate of drug-likeness (QED) is 0.331. The van der Waals surface area contributed by atoms with Gasteiger partial charge in [0.15, 0.2) is 0 Å². The van der Waals surface area contributed by atoms with Gasteiger partial charge < -0.3 is 20.8 Å². The number of carbonyl (C=O) groups is 2. The minimum atomic E-state index is -3.98. The molecule has 206 valence electrons. The molecule has 1 aliphatic rings. The van der Waals surface area contributed by atoms with Crippen LogP contribution in [0, 0.1) is 0 Å². The zero-order chi connectivity index (χ0) is 28.2. The Bertz CT molecular complexity index is 1430. The lowest BCUT2D eigenvalue weighted by molar-refractivity contribution is -0.118. The van der Waals surface area contributed by atoms with Gasteiger partial charge in [0.25, 0.3) is 0 Å². The standard InChI is InChI=1S/C29H33N3O6S/c1-31(39(37,38)25-14-11-23(30)12-15-25)19-28(34)32(24-13-16-26(29(35)36)27(33)17-24)18-20-7-9-22(10-8-20)21-5-3-2-4-6-21/h7-17,21,33H,2-6,18-19,30H2,1H3,(H,35,36). The number of nitrogens with zero attached hydrogens (tertiary/aromatic N) is 2. The van der Waals surface area contributed by atoms with Crippen molar-refractivity contribution in [1.82, 2.24) is 4.31 Å². The van der Waals surface area contributed by atoms with Crippen LogP contribution in [0.3, 0.4) is 0 Å². The van der Waals surface area contributed by atoms with E-state index >= 15 is 0 Å². The molecule has 4 N–H and O–H groups in total. The van der Waals surface area contributed by atoms with Crippen LogP contribution >= 0.6 is 0 Å². The fourth-order valence-corrected chi connectivity index (χ4v) is 6.01. The first-order valence-corrected chi connectivity index (χ1v) is 14.3. The van der Waals surface area contributed by atoms with Crippen LogP contribution in [0.25, 0.3) is 0 Å². The number of phenols is 1. The molecule has 0 bridgehead atoms. The normalized spacial score (nSPS) is 14.3. The summed E-state index contributed by atoms with van der Waals surface area (Å²) in [6.45, 7) is -0.375. The third kappa shape index (κ3) is 6.58. The summed E-state index contributed by atoms with van der Waals surface area (Å²) in [7, 11) is -2.67. The van der Waals surface area contributed by atoms with Crippen LogP contribution < -0.4 is 10.6 Å². The number of aromatic carboxylic acids is 1. The van der Waals surface area contributed by atoms with E-state index in [9.17, 15) is 28.2 Å². The summed E-state index contributed by atoms with van der Waals surface area (Å²) in [4.78, 5) is 26.3. The molecule has 0 aromatic heterocycles. The molecule has 0 aliphatic heterocycles. The third-order valence-corrected chi connectivity index (χ3v) is 8.99. The molecule has 10 heteroatoms. The molecule has 9 nitrogen and oxygen atoms in total. The number of benzene rings is 3. The second-order valence-electron chi connectivity index (χ2n) is 9.89. The number of nitrogens with two attached hydrogens (primary N) is 1. The molecule has 3 aromatic rings. The van der Waals surface area contributed by atoms with Gasteiger partial charge in [-0.15, -0.1) is 0 Å². The average Bonchev–Trinajstić information content (AvgIpc) is 2.92. The molecule has 1 aliphatic carbocycles. The van der Waals surface area contributed by atoms with E-state index in [1.165, 1.54) is 79.2 Å². The average molecular weight is 552 g/mol. The maximum absolute atomic E-state index is 13.5. The molecular weight excluding hydrogens is 518 g/mol. The Morgan fingerprint density at radius 1 is 0.949 bits per heavy atom. The molecule has 1 saturated carbocycles. The Balaban J connectivity index is 1.60. The van der Waals surface area contributed by atoms with Gasteiger partial charge in [-0.3, -0.25) is 4.79 Å². The van der Waals surface area contributed by atoms with Crippen LogP contribution in [0.2, 0.25) is 0 Å². The van der Waals surface area contributed by atoms with Crippen molar-refractivity contribution in [2.24, 2.45) is 0 Å².